The van der Waals surface area contributed by atoms with Gasteiger partial charge in [0, 0.05) is 11.3 Å². The summed E-state index contributed by atoms with van der Waals surface area (Å²) >= 11 is 1.64. The van der Waals surface area contributed by atoms with E-state index in [1.54, 1.807) is 11.3 Å². The fraction of sp³-hybridized carbons (Fsp3) is 0.667. The van der Waals surface area contributed by atoms with E-state index in [1.165, 1.54) is 23.4 Å². The Kier molecular flexibility index (Phi) is 4.50. The third kappa shape index (κ3) is 3.51. The zero-order chi connectivity index (χ0) is 12.1. The zero-order valence-electron chi connectivity index (χ0n) is 10.00. The number of nitrogens with two attached hydrogens (primary N) is 1. The molecule has 0 atom stereocenters. The monoisotopic (exact) mass is 253 g/mol. The number of aryl methyl sites for hydroxylation is 2. The van der Waals surface area contributed by atoms with E-state index in [2.05, 4.69) is 10.3 Å². The minimum absolute atomic E-state index is 0.0598. The Morgan fingerprint density at radius 2 is 2.18 bits per heavy atom. The molecule has 1 aromatic rings. The Balaban J connectivity index is 1.86. The van der Waals surface area contributed by atoms with Crippen LogP contribution in [0.1, 0.15) is 42.7 Å². The van der Waals surface area contributed by atoms with Gasteiger partial charge in [-0.3, -0.25) is 4.79 Å². The van der Waals surface area contributed by atoms with Crippen LogP contribution in [0.25, 0.3) is 0 Å². The number of aromatic nitrogens is 1. The number of nitrogens with zero attached hydrogens (tertiary/aromatic N) is 1. The standard InChI is InChI=1S/C12H19N3OS/c13-8-4-3-7-11(16)15-12-14-9-5-1-2-6-10(9)17-12/h1-8,13H2,(H,14,15,16). The van der Waals surface area contributed by atoms with Gasteiger partial charge in [0.05, 0.1) is 5.69 Å². The van der Waals surface area contributed by atoms with E-state index in [1.807, 2.05) is 0 Å². The van der Waals surface area contributed by atoms with Gasteiger partial charge in [-0.15, -0.1) is 11.3 Å². The highest BCUT2D eigenvalue weighted by Gasteiger charge is 2.15. The Morgan fingerprint density at radius 1 is 1.35 bits per heavy atom. The van der Waals surface area contributed by atoms with Crippen molar-refractivity contribution in [3.8, 4) is 0 Å². The highest BCUT2D eigenvalue weighted by molar-refractivity contribution is 7.15. The van der Waals surface area contributed by atoms with Gasteiger partial charge in [0.2, 0.25) is 5.91 Å². The molecule has 2 rings (SSSR count). The second-order valence-electron chi connectivity index (χ2n) is 4.39. The van der Waals surface area contributed by atoms with Crippen LogP contribution in [-0.4, -0.2) is 17.4 Å². The molecule has 1 amide bonds. The van der Waals surface area contributed by atoms with Crippen molar-refractivity contribution in [2.45, 2.75) is 44.9 Å². The first-order valence-corrected chi connectivity index (χ1v) is 7.09. The molecule has 1 heterocycles. The fourth-order valence-electron chi connectivity index (χ4n) is 2.02. The molecule has 0 aliphatic heterocycles. The summed E-state index contributed by atoms with van der Waals surface area (Å²) in [7, 11) is 0. The topological polar surface area (TPSA) is 68.0 Å². The van der Waals surface area contributed by atoms with Gasteiger partial charge in [-0.25, -0.2) is 4.98 Å². The van der Waals surface area contributed by atoms with Gasteiger partial charge < -0.3 is 11.1 Å². The molecule has 1 aliphatic rings. The third-order valence-electron chi connectivity index (χ3n) is 2.95. The number of nitrogens with one attached hydrogen (secondary N) is 1. The summed E-state index contributed by atoms with van der Waals surface area (Å²) in [6, 6.07) is 0. The van der Waals surface area contributed by atoms with E-state index in [4.69, 9.17) is 5.73 Å². The quantitative estimate of drug-likeness (QED) is 0.790. The van der Waals surface area contributed by atoms with Crippen molar-refractivity contribution in [2.24, 2.45) is 5.73 Å². The summed E-state index contributed by atoms with van der Waals surface area (Å²) in [6.07, 6.45) is 6.96. The van der Waals surface area contributed by atoms with Gasteiger partial charge in [-0.2, -0.15) is 0 Å². The largest absolute Gasteiger partial charge is 0.330 e. The number of thiazole rings is 1. The first-order valence-electron chi connectivity index (χ1n) is 6.28. The Bertz CT molecular complexity index is 366. The molecule has 0 spiro atoms. The maximum absolute atomic E-state index is 11.6. The number of amides is 1. The molecule has 0 radical (unpaired) electrons. The van der Waals surface area contributed by atoms with Gasteiger partial charge in [0.15, 0.2) is 5.13 Å². The Hall–Kier alpha value is -0.940. The summed E-state index contributed by atoms with van der Waals surface area (Å²) < 4.78 is 0. The molecule has 1 aromatic heterocycles. The van der Waals surface area contributed by atoms with Gasteiger partial charge in [-0.05, 0) is 45.1 Å². The second-order valence-corrected chi connectivity index (χ2v) is 5.47. The van der Waals surface area contributed by atoms with Crippen LogP contribution in [0, 0.1) is 0 Å². The maximum Gasteiger partial charge on any atom is 0.226 e. The van der Waals surface area contributed by atoms with Crippen LogP contribution in [0.5, 0.6) is 0 Å². The fourth-order valence-corrected chi connectivity index (χ4v) is 3.08. The lowest BCUT2D eigenvalue weighted by molar-refractivity contribution is -0.116. The van der Waals surface area contributed by atoms with Crippen LogP contribution >= 0.6 is 11.3 Å². The molecular weight excluding hydrogens is 234 g/mol. The maximum atomic E-state index is 11.6. The van der Waals surface area contributed by atoms with E-state index in [-0.39, 0.29) is 5.91 Å². The van der Waals surface area contributed by atoms with E-state index >= 15 is 0 Å². The predicted octanol–water partition coefficient (Wildman–Crippen LogP) is 2.09. The van der Waals surface area contributed by atoms with Crippen LogP contribution in [0.15, 0.2) is 0 Å². The highest BCUT2D eigenvalue weighted by Crippen LogP contribution is 2.29. The minimum atomic E-state index is 0.0598. The molecule has 0 aromatic carbocycles. The number of fused-ring (bicyclic) bond motifs is 1. The lowest BCUT2D eigenvalue weighted by Gasteiger charge is -2.06. The SMILES string of the molecule is NCCCCC(=O)Nc1nc2c(s1)CCCC2. The first kappa shape index (κ1) is 12.5. The van der Waals surface area contributed by atoms with Crippen LogP contribution in [0.2, 0.25) is 0 Å². The van der Waals surface area contributed by atoms with Crippen molar-refractivity contribution in [2.75, 3.05) is 11.9 Å². The summed E-state index contributed by atoms with van der Waals surface area (Å²) in [5.74, 6) is 0.0598. The molecule has 0 unspecified atom stereocenters. The van der Waals surface area contributed by atoms with Gasteiger partial charge in [0.1, 0.15) is 0 Å². The molecule has 0 saturated carbocycles. The molecule has 5 heteroatoms. The molecule has 0 fully saturated rings. The summed E-state index contributed by atoms with van der Waals surface area (Å²) in [5.41, 5.74) is 6.58. The summed E-state index contributed by atoms with van der Waals surface area (Å²) in [5, 5.41) is 3.66. The molecule has 1 aliphatic carbocycles. The van der Waals surface area contributed by atoms with Crippen LogP contribution in [0.3, 0.4) is 0 Å². The van der Waals surface area contributed by atoms with Crippen molar-refractivity contribution in [1.82, 2.24) is 4.98 Å². The van der Waals surface area contributed by atoms with E-state index in [0.717, 1.165) is 30.8 Å². The number of unbranched alkanes of at least 4 members (excludes halogenated alkanes) is 1. The minimum Gasteiger partial charge on any atom is -0.330 e. The normalized spacial score (nSPS) is 14.4. The number of rotatable bonds is 5. The Morgan fingerprint density at radius 3 is 2.94 bits per heavy atom. The van der Waals surface area contributed by atoms with Crippen molar-refractivity contribution in [3.05, 3.63) is 10.6 Å². The lowest BCUT2D eigenvalue weighted by atomic mass is 10.0. The molecule has 17 heavy (non-hydrogen) atoms. The first-order chi connectivity index (χ1) is 8.29. The van der Waals surface area contributed by atoms with Crippen molar-refractivity contribution in [3.63, 3.8) is 0 Å². The second kappa shape index (κ2) is 6.12. The lowest BCUT2D eigenvalue weighted by Crippen LogP contribution is -2.11. The molecule has 4 nitrogen and oxygen atoms in total. The van der Waals surface area contributed by atoms with Crippen molar-refractivity contribution in [1.29, 1.82) is 0 Å². The molecule has 3 N–H and O–H groups in total. The number of carbonyl (C=O) groups excluding carboxylic acids is 1. The molecule has 0 bridgehead atoms. The number of hydrogen-bond acceptors (Lipinski definition) is 4. The predicted molar refractivity (Wildman–Crippen MR) is 70.3 cm³/mol. The van der Waals surface area contributed by atoms with Gasteiger partial charge in [0.25, 0.3) is 0 Å². The average Bonchev–Trinajstić information content (AvgIpc) is 2.71. The molecular formula is C12H19N3OS. The average molecular weight is 253 g/mol. The third-order valence-corrected chi connectivity index (χ3v) is 4.02. The van der Waals surface area contributed by atoms with Crippen LogP contribution in [-0.2, 0) is 17.6 Å². The van der Waals surface area contributed by atoms with Gasteiger partial charge >= 0.3 is 0 Å². The van der Waals surface area contributed by atoms with Gasteiger partial charge in [-0.1, -0.05) is 0 Å². The number of carbonyl (C=O) groups is 1. The summed E-state index contributed by atoms with van der Waals surface area (Å²) in [4.78, 5) is 17.5. The van der Waals surface area contributed by atoms with Crippen LogP contribution in [0.4, 0.5) is 5.13 Å². The molecule has 94 valence electrons. The van der Waals surface area contributed by atoms with Crippen molar-refractivity contribution < 1.29 is 4.79 Å². The highest BCUT2D eigenvalue weighted by atomic mass is 32.1. The Labute approximate surface area is 106 Å². The summed E-state index contributed by atoms with van der Waals surface area (Å²) in [6.45, 7) is 0.652. The number of hydrogen-bond donors (Lipinski definition) is 2. The zero-order valence-corrected chi connectivity index (χ0v) is 10.8. The van der Waals surface area contributed by atoms with E-state index in [9.17, 15) is 4.79 Å². The van der Waals surface area contributed by atoms with Crippen molar-refractivity contribution >= 4 is 22.4 Å². The smallest absolute Gasteiger partial charge is 0.226 e. The van der Waals surface area contributed by atoms with E-state index in [0.29, 0.717) is 13.0 Å². The molecule has 0 saturated heterocycles. The number of anilines is 1. The van der Waals surface area contributed by atoms with Crippen LogP contribution < -0.4 is 11.1 Å². The van der Waals surface area contributed by atoms with E-state index < -0.39 is 0 Å².